The number of ether oxygens (including phenoxy) is 1. The third-order valence-electron chi connectivity index (χ3n) is 5.36. The third kappa shape index (κ3) is 4.60. The lowest BCUT2D eigenvalue weighted by Gasteiger charge is -2.26. The zero-order valence-electron chi connectivity index (χ0n) is 16.7. The van der Waals surface area contributed by atoms with Gasteiger partial charge >= 0.3 is 0 Å². The van der Waals surface area contributed by atoms with E-state index in [1.54, 1.807) is 0 Å². The largest absolute Gasteiger partial charge is 0.379 e. The first-order valence-electron chi connectivity index (χ1n) is 9.89. The smallest absolute Gasteiger partial charge is 0.243 e. The molecule has 0 aromatic heterocycles. The van der Waals surface area contributed by atoms with Crippen molar-refractivity contribution in [2.45, 2.75) is 11.3 Å². The highest BCUT2D eigenvalue weighted by molar-refractivity contribution is 7.89. The van der Waals surface area contributed by atoms with E-state index in [1.165, 1.54) is 57.7 Å². The number of rotatable bonds is 5. The molecule has 2 saturated heterocycles. The van der Waals surface area contributed by atoms with Crippen LogP contribution in [0.5, 0.6) is 0 Å². The van der Waals surface area contributed by atoms with Crippen LogP contribution in [0.4, 0.5) is 15.8 Å². The fraction of sp³-hybridized carbons (Fsp3) is 0.333. The molecule has 1 atom stereocenters. The number of benzene rings is 2. The van der Waals surface area contributed by atoms with Crippen LogP contribution in [0.15, 0.2) is 53.4 Å². The minimum Gasteiger partial charge on any atom is -0.379 e. The van der Waals surface area contributed by atoms with Crippen LogP contribution in [0.3, 0.4) is 0 Å². The first-order chi connectivity index (χ1) is 14.8. The molecule has 2 heterocycles. The quantitative estimate of drug-likeness (QED) is 0.755. The van der Waals surface area contributed by atoms with Gasteiger partial charge in [0.15, 0.2) is 0 Å². The molecular weight excluding hydrogens is 425 g/mol. The summed E-state index contributed by atoms with van der Waals surface area (Å²) in [6, 6.07) is 11.5. The number of nitrogens with zero attached hydrogens (tertiary/aromatic N) is 2. The van der Waals surface area contributed by atoms with Gasteiger partial charge < -0.3 is 15.0 Å². The van der Waals surface area contributed by atoms with Crippen molar-refractivity contribution in [3.05, 3.63) is 54.3 Å². The van der Waals surface area contributed by atoms with Gasteiger partial charge in [-0.05, 0) is 48.5 Å². The average molecular weight is 447 g/mol. The standard InChI is InChI=1S/C21H22FN3O5S/c22-16-1-5-18(6-2-16)25-14-15(13-20(25)26)21(27)23-17-3-7-19(8-4-17)31(28,29)24-9-11-30-12-10-24/h1-8,15H,9-14H2,(H,23,27)/t15-/m0/s1. The number of carbonyl (C=O) groups is 2. The molecule has 10 heteroatoms. The number of halogens is 1. The van der Waals surface area contributed by atoms with Crippen molar-refractivity contribution < 1.29 is 27.1 Å². The maximum atomic E-state index is 13.1. The van der Waals surface area contributed by atoms with Crippen molar-refractivity contribution >= 4 is 33.2 Å². The van der Waals surface area contributed by atoms with Gasteiger partial charge in [-0.25, -0.2) is 12.8 Å². The normalized spacial score (nSPS) is 20.1. The summed E-state index contributed by atoms with van der Waals surface area (Å²) in [5.74, 6) is -1.50. The lowest BCUT2D eigenvalue weighted by atomic mass is 10.1. The predicted molar refractivity (Wildman–Crippen MR) is 112 cm³/mol. The van der Waals surface area contributed by atoms with Crippen molar-refractivity contribution in [3.63, 3.8) is 0 Å². The molecule has 0 spiro atoms. The maximum absolute atomic E-state index is 13.1. The van der Waals surface area contributed by atoms with Crippen LogP contribution in [-0.4, -0.2) is 57.4 Å². The molecule has 4 rings (SSSR count). The first-order valence-corrected chi connectivity index (χ1v) is 11.3. The van der Waals surface area contributed by atoms with Crippen LogP contribution in [-0.2, 0) is 24.3 Å². The fourth-order valence-electron chi connectivity index (χ4n) is 3.64. The number of amides is 2. The SMILES string of the molecule is O=C(Nc1ccc(S(=O)(=O)N2CCOCC2)cc1)[C@H]1CC(=O)N(c2ccc(F)cc2)C1. The highest BCUT2D eigenvalue weighted by Crippen LogP contribution is 2.27. The molecule has 8 nitrogen and oxygen atoms in total. The Morgan fingerprint density at radius 1 is 1.03 bits per heavy atom. The van der Waals surface area contributed by atoms with E-state index < -0.39 is 21.8 Å². The molecule has 2 fully saturated rings. The molecule has 2 amide bonds. The van der Waals surface area contributed by atoms with Crippen molar-refractivity contribution in [1.29, 1.82) is 0 Å². The molecule has 0 bridgehead atoms. The molecule has 1 N–H and O–H groups in total. The van der Waals surface area contributed by atoms with Crippen molar-refractivity contribution in [3.8, 4) is 0 Å². The van der Waals surface area contributed by atoms with Gasteiger partial charge in [0.25, 0.3) is 0 Å². The maximum Gasteiger partial charge on any atom is 0.243 e. The van der Waals surface area contributed by atoms with Gasteiger partial charge in [-0.1, -0.05) is 0 Å². The van der Waals surface area contributed by atoms with E-state index >= 15 is 0 Å². The van der Waals surface area contributed by atoms with Gasteiger partial charge in [0, 0.05) is 37.4 Å². The minimum absolute atomic E-state index is 0.0483. The van der Waals surface area contributed by atoms with E-state index in [-0.39, 0.29) is 29.7 Å². The zero-order chi connectivity index (χ0) is 22.0. The number of nitrogens with one attached hydrogen (secondary N) is 1. The molecule has 0 saturated carbocycles. The van der Waals surface area contributed by atoms with Gasteiger partial charge in [-0.3, -0.25) is 9.59 Å². The number of carbonyl (C=O) groups excluding carboxylic acids is 2. The van der Waals surface area contributed by atoms with Gasteiger partial charge in [0.05, 0.1) is 24.0 Å². The van der Waals surface area contributed by atoms with Crippen molar-refractivity contribution in [2.24, 2.45) is 5.92 Å². The van der Waals surface area contributed by atoms with Gasteiger partial charge in [0.1, 0.15) is 5.82 Å². The Bertz CT molecular complexity index is 1070. The van der Waals surface area contributed by atoms with Crippen molar-refractivity contribution in [1.82, 2.24) is 4.31 Å². The first kappa shape index (κ1) is 21.4. The number of anilines is 2. The van der Waals surface area contributed by atoms with Gasteiger partial charge in [-0.15, -0.1) is 0 Å². The van der Waals surface area contributed by atoms with Crippen LogP contribution in [0.25, 0.3) is 0 Å². The zero-order valence-corrected chi connectivity index (χ0v) is 17.5. The number of morpholine rings is 1. The Balaban J connectivity index is 1.40. The average Bonchev–Trinajstić information content (AvgIpc) is 3.17. The highest BCUT2D eigenvalue weighted by Gasteiger charge is 2.35. The molecule has 0 radical (unpaired) electrons. The van der Waals surface area contributed by atoms with Crippen LogP contribution >= 0.6 is 0 Å². The monoisotopic (exact) mass is 447 g/mol. The van der Waals surface area contributed by atoms with E-state index in [0.717, 1.165) is 0 Å². The number of sulfonamides is 1. The summed E-state index contributed by atoms with van der Waals surface area (Å²) in [5, 5.41) is 2.74. The second-order valence-electron chi connectivity index (χ2n) is 7.41. The van der Waals surface area contributed by atoms with Crippen LogP contribution in [0.1, 0.15) is 6.42 Å². The summed E-state index contributed by atoms with van der Waals surface area (Å²) in [5.41, 5.74) is 0.984. The molecule has 2 aliphatic heterocycles. The molecule has 0 aliphatic carbocycles. The molecule has 0 unspecified atom stereocenters. The Morgan fingerprint density at radius 3 is 2.32 bits per heavy atom. The van der Waals surface area contributed by atoms with E-state index in [2.05, 4.69) is 5.32 Å². The second-order valence-corrected chi connectivity index (χ2v) is 9.35. The van der Waals surface area contributed by atoms with Gasteiger partial charge in [0.2, 0.25) is 21.8 Å². The third-order valence-corrected chi connectivity index (χ3v) is 7.28. The molecular formula is C21H22FN3O5S. The molecule has 31 heavy (non-hydrogen) atoms. The lowest BCUT2D eigenvalue weighted by Crippen LogP contribution is -2.40. The van der Waals surface area contributed by atoms with E-state index in [1.807, 2.05) is 0 Å². The fourth-order valence-corrected chi connectivity index (χ4v) is 5.05. The number of hydrogen-bond acceptors (Lipinski definition) is 5. The summed E-state index contributed by atoms with van der Waals surface area (Å²) in [6.07, 6.45) is 0.0483. The number of hydrogen-bond donors (Lipinski definition) is 1. The Labute approximate surface area is 179 Å². The second kappa shape index (κ2) is 8.74. The summed E-state index contributed by atoms with van der Waals surface area (Å²) in [6.45, 7) is 1.53. The Kier molecular flexibility index (Phi) is 6.03. The van der Waals surface area contributed by atoms with Crippen molar-refractivity contribution in [2.75, 3.05) is 43.1 Å². The van der Waals surface area contributed by atoms with E-state index in [0.29, 0.717) is 37.7 Å². The van der Waals surface area contributed by atoms with Crippen LogP contribution < -0.4 is 10.2 Å². The summed E-state index contributed by atoms with van der Waals surface area (Å²) < 4.78 is 45.0. The van der Waals surface area contributed by atoms with E-state index in [4.69, 9.17) is 4.74 Å². The van der Waals surface area contributed by atoms with Gasteiger partial charge in [-0.2, -0.15) is 4.31 Å². The lowest BCUT2D eigenvalue weighted by molar-refractivity contribution is -0.122. The van der Waals surface area contributed by atoms with Crippen LogP contribution in [0.2, 0.25) is 0 Å². The summed E-state index contributed by atoms with van der Waals surface area (Å²) >= 11 is 0. The highest BCUT2D eigenvalue weighted by atomic mass is 32.2. The summed E-state index contributed by atoms with van der Waals surface area (Å²) in [7, 11) is -3.61. The molecule has 2 aromatic rings. The Hall–Kier alpha value is -2.82. The topological polar surface area (TPSA) is 96.0 Å². The minimum atomic E-state index is -3.61. The summed E-state index contributed by atoms with van der Waals surface area (Å²) in [4.78, 5) is 26.5. The van der Waals surface area contributed by atoms with Crippen LogP contribution in [0, 0.1) is 11.7 Å². The predicted octanol–water partition coefficient (Wildman–Crippen LogP) is 1.84. The molecule has 164 valence electrons. The Morgan fingerprint density at radius 2 is 1.68 bits per heavy atom. The molecule has 2 aromatic carbocycles. The van der Waals surface area contributed by atoms with E-state index in [9.17, 15) is 22.4 Å². The molecule has 2 aliphatic rings.